The van der Waals surface area contributed by atoms with E-state index in [1.54, 1.807) is 17.0 Å². The molecule has 0 radical (unpaired) electrons. The highest BCUT2D eigenvalue weighted by Gasteiger charge is 2.25. The van der Waals surface area contributed by atoms with Crippen LogP contribution in [0.5, 0.6) is 0 Å². The first-order valence-electron chi connectivity index (χ1n) is 8.45. The Labute approximate surface area is 156 Å². The number of benzene rings is 1. The molecule has 2 aromatic rings. The molecule has 142 valence electrons. The first-order chi connectivity index (χ1) is 12.3. The summed E-state index contributed by atoms with van der Waals surface area (Å²) in [7, 11) is 1.48. The van der Waals surface area contributed by atoms with Crippen molar-refractivity contribution in [2.24, 2.45) is 0 Å². The number of thiophene rings is 1. The average Bonchev–Trinajstić information content (AvgIpc) is 2.92. The number of rotatable bonds is 7. The molecule has 26 heavy (non-hydrogen) atoms. The summed E-state index contributed by atoms with van der Waals surface area (Å²) < 4.78 is 25.2. The van der Waals surface area contributed by atoms with Crippen LogP contribution in [-0.2, 0) is 20.9 Å². The maximum Gasteiger partial charge on any atom is 0.349 e. The number of methoxy groups -OCH3 is 1. The minimum Gasteiger partial charge on any atom is -0.451 e. The van der Waals surface area contributed by atoms with E-state index in [1.165, 1.54) is 13.2 Å². The van der Waals surface area contributed by atoms with Crippen LogP contribution in [0.2, 0.25) is 0 Å². The molecule has 0 unspecified atom stereocenters. The van der Waals surface area contributed by atoms with Gasteiger partial charge in [-0.25, -0.2) is 9.18 Å². The maximum absolute atomic E-state index is 14.2. The third-order valence-electron chi connectivity index (χ3n) is 3.96. The van der Waals surface area contributed by atoms with Crippen LogP contribution in [0.15, 0.2) is 18.2 Å². The van der Waals surface area contributed by atoms with Crippen molar-refractivity contribution in [2.45, 2.75) is 46.4 Å². The molecule has 7 heteroatoms. The van der Waals surface area contributed by atoms with Gasteiger partial charge >= 0.3 is 5.97 Å². The van der Waals surface area contributed by atoms with Gasteiger partial charge in [-0.2, -0.15) is 0 Å². The van der Waals surface area contributed by atoms with Crippen molar-refractivity contribution in [2.75, 3.05) is 13.7 Å². The minimum atomic E-state index is -0.640. The standard InChI is InChI=1S/C19H24FNO4S/c1-11(2)21(12(3)4)16(22)10-25-19(23)18-13(9-24-5)17-14(20)7-6-8-15(17)26-18/h6-8,11-12H,9-10H2,1-5H3. The van der Waals surface area contributed by atoms with Crippen LogP contribution in [0, 0.1) is 5.82 Å². The molecule has 0 saturated carbocycles. The second kappa shape index (κ2) is 8.60. The molecule has 0 aliphatic carbocycles. The van der Waals surface area contributed by atoms with Gasteiger partial charge in [-0.05, 0) is 39.8 Å². The van der Waals surface area contributed by atoms with Crippen molar-refractivity contribution in [1.29, 1.82) is 0 Å². The zero-order chi connectivity index (χ0) is 19.4. The molecule has 1 heterocycles. The molecule has 5 nitrogen and oxygen atoms in total. The molecular weight excluding hydrogens is 357 g/mol. The van der Waals surface area contributed by atoms with Gasteiger partial charge in [0.05, 0.1) is 6.61 Å². The molecule has 1 amide bonds. The van der Waals surface area contributed by atoms with Crippen molar-refractivity contribution in [3.8, 4) is 0 Å². The smallest absolute Gasteiger partial charge is 0.349 e. The fraction of sp³-hybridized carbons (Fsp3) is 0.474. The van der Waals surface area contributed by atoms with Crippen LogP contribution in [0.4, 0.5) is 4.39 Å². The molecular formula is C19H24FNO4S. The van der Waals surface area contributed by atoms with Crippen molar-refractivity contribution >= 4 is 33.3 Å². The molecule has 0 N–H and O–H groups in total. The summed E-state index contributed by atoms with van der Waals surface area (Å²) in [6, 6.07) is 4.68. The number of hydrogen-bond donors (Lipinski definition) is 0. The second-order valence-electron chi connectivity index (χ2n) is 6.52. The van der Waals surface area contributed by atoms with Crippen LogP contribution in [0.1, 0.15) is 42.9 Å². The first kappa shape index (κ1) is 20.3. The number of esters is 1. The Bertz CT molecular complexity index is 792. The van der Waals surface area contributed by atoms with Crippen LogP contribution >= 0.6 is 11.3 Å². The van der Waals surface area contributed by atoms with Gasteiger partial charge in [-0.1, -0.05) is 6.07 Å². The molecule has 1 aromatic heterocycles. The quantitative estimate of drug-likeness (QED) is 0.681. The van der Waals surface area contributed by atoms with E-state index in [0.717, 1.165) is 11.3 Å². The van der Waals surface area contributed by atoms with Gasteiger partial charge < -0.3 is 14.4 Å². The van der Waals surface area contributed by atoms with Crippen LogP contribution in [0.3, 0.4) is 0 Å². The monoisotopic (exact) mass is 381 g/mol. The van der Waals surface area contributed by atoms with E-state index in [0.29, 0.717) is 15.6 Å². The average molecular weight is 381 g/mol. The zero-order valence-electron chi connectivity index (χ0n) is 15.7. The van der Waals surface area contributed by atoms with Gasteiger partial charge in [0.1, 0.15) is 10.7 Å². The lowest BCUT2D eigenvalue weighted by molar-refractivity contribution is -0.138. The fourth-order valence-corrected chi connectivity index (χ4v) is 4.17. The van der Waals surface area contributed by atoms with E-state index < -0.39 is 11.8 Å². The summed E-state index contributed by atoms with van der Waals surface area (Å²) in [6.45, 7) is 7.37. The Hall–Kier alpha value is -1.99. The maximum atomic E-state index is 14.2. The minimum absolute atomic E-state index is 0.00340. The van der Waals surface area contributed by atoms with Crippen LogP contribution in [0.25, 0.3) is 10.1 Å². The molecule has 0 saturated heterocycles. The molecule has 0 aliphatic heterocycles. The van der Waals surface area contributed by atoms with Crippen LogP contribution < -0.4 is 0 Å². The zero-order valence-corrected chi connectivity index (χ0v) is 16.5. The van der Waals surface area contributed by atoms with Gasteiger partial charge in [-0.15, -0.1) is 11.3 Å². The third-order valence-corrected chi connectivity index (χ3v) is 5.14. The Balaban J connectivity index is 2.23. The summed E-state index contributed by atoms with van der Waals surface area (Å²) in [4.78, 5) is 26.8. The molecule has 0 bridgehead atoms. The molecule has 0 spiro atoms. The van der Waals surface area contributed by atoms with E-state index in [2.05, 4.69) is 0 Å². The van der Waals surface area contributed by atoms with E-state index in [1.807, 2.05) is 27.7 Å². The lowest BCUT2D eigenvalue weighted by atomic mass is 10.1. The van der Waals surface area contributed by atoms with Crippen molar-refractivity contribution < 1.29 is 23.5 Å². The van der Waals surface area contributed by atoms with Gasteiger partial charge in [0.2, 0.25) is 0 Å². The highest BCUT2D eigenvalue weighted by molar-refractivity contribution is 7.21. The Morgan fingerprint density at radius 3 is 2.42 bits per heavy atom. The Kier molecular flexibility index (Phi) is 6.72. The predicted octanol–water partition coefficient (Wildman–Crippen LogP) is 3.99. The van der Waals surface area contributed by atoms with Crippen molar-refractivity contribution in [3.05, 3.63) is 34.5 Å². The van der Waals surface area contributed by atoms with Gasteiger partial charge in [-0.3, -0.25) is 4.79 Å². The number of halogens is 1. The SMILES string of the molecule is COCc1c(C(=O)OCC(=O)N(C(C)C)C(C)C)sc2cccc(F)c12. The number of ether oxygens (including phenoxy) is 2. The van der Waals surface area contributed by atoms with E-state index in [-0.39, 0.29) is 36.1 Å². The molecule has 2 rings (SSSR count). The molecule has 0 atom stereocenters. The summed E-state index contributed by atoms with van der Waals surface area (Å²) in [5.41, 5.74) is 0.452. The van der Waals surface area contributed by atoms with E-state index in [4.69, 9.17) is 9.47 Å². The van der Waals surface area contributed by atoms with Gasteiger partial charge in [0.15, 0.2) is 6.61 Å². The third kappa shape index (κ3) is 4.22. The number of fused-ring (bicyclic) bond motifs is 1. The number of amides is 1. The number of nitrogens with zero attached hydrogens (tertiary/aromatic N) is 1. The van der Waals surface area contributed by atoms with Crippen molar-refractivity contribution in [1.82, 2.24) is 4.90 Å². The summed E-state index contributed by atoms with van der Waals surface area (Å²) >= 11 is 1.14. The lowest BCUT2D eigenvalue weighted by Crippen LogP contribution is -2.44. The van der Waals surface area contributed by atoms with Crippen molar-refractivity contribution in [3.63, 3.8) is 0 Å². The predicted molar refractivity (Wildman–Crippen MR) is 99.9 cm³/mol. The topological polar surface area (TPSA) is 55.8 Å². The number of carbonyl (C=O) groups excluding carboxylic acids is 2. The lowest BCUT2D eigenvalue weighted by Gasteiger charge is -2.30. The fourth-order valence-electron chi connectivity index (χ4n) is 3.05. The van der Waals surface area contributed by atoms with Gasteiger partial charge in [0, 0.05) is 34.8 Å². The Morgan fingerprint density at radius 2 is 1.85 bits per heavy atom. The van der Waals surface area contributed by atoms with E-state index in [9.17, 15) is 14.0 Å². The first-order valence-corrected chi connectivity index (χ1v) is 9.26. The number of hydrogen-bond acceptors (Lipinski definition) is 5. The summed E-state index contributed by atoms with van der Waals surface area (Å²) in [5, 5.41) is 0.364. The number of carbonyl (C=O) groups is 2. The Morgan fingerprint density at radius 1 is 1.19 bits per heavy atom. The van der Waals surface area contributed by atoms with Gasteiger partial charge in [0.25, 0.3) is 5.91 Å². The normalized spacial score (nSPS) is 11.4. The van der Waals surface area contributed by atoms with Crippen LogP contribution in [-0.4, -0.2) is 42.6 Å². The largest absolute Gasteiger partial charge is 0.451 e. The molecule has 0 fully saturated rings. The second-order valence-corrected chi connectivity index (χ2v) is 7.57. The molecule has 0 aliphatic rings. The van der Waals surface area contributed by atoms with E-state index >= 15 is 0 Å². The highest BCUT2D eigenvalue weighted by Crippen LogP contribution is 2.34. The summed E-state index contributed by atoms with van der Waals surface area (Å²) in [5.74, 6) is -1.31. The highest BCUT2D eigenvalue weighted by atomic mass is 32.1. The molecule has 1 aromatic carbocycles. The summed E-state index contributed by atoms with van der Waals surface area (Å²) in [6.07, 6.45) is 0.